The van der Waals surface area contributed by atoms with Crippen LogP contribution in [-0.4, -0.2) is 42.8 Å². The Morgan fingerprint density at radius 1 is 1.41 bits per heavy atom. The maximum atomic E-state index is 11.7. The number of piperidine rings is 1. The number of hydrogen-bond donors (Lipinski definition) is 0. The van der Waals surface area contributed by atoms with Crippen LogP contribution < -0.4 is 0 Å². The van der Waals surface area contributed by atoms with Crippen LogP contribution in [0.25, 0.3) is 0 Å². The lowest BCUT2D eigenvalue weighted by Gasteiger charge is -2.31. The Labute approximate surface area is 102 Å². The number of hydrogen-bond acceptors (Lipinski definition) is 4. The van der Waals surface area contributed by atoms with Crippen LogP contribution in [0, 0.1) is 5.92 Å². The van der Waals surface area contributed by atoms with Crippen molar-refractivity contribution in [2.75, 3.05) is 19.7 Å². The van der Waals surface area contributed by atoms with Crippen molar-refractivity contribution in [2.45, 2.75) is 39.7 Å². The number of nitrogens with zero attached hydrogens (tertiary/aromatic N) is 1. The van der Waals surface area contributed by atoms with E-state index < -0.39 is 0 Å². The van der Waals surface area contributed by atoms with Crippen molar-refractivity contribution in [2.24, 2.45) is 5.92 Å². The normalized spacial score (nSPS) is 20.2. The van der Waals surface area contributed by atoms with E-state index in [1.807, 2.05) is 13.8 Å². The van der Waals surface area contributed by atoms with Crippen LogP contribution in [0.15, 0.2) is 0 Å². The molecule has 1 aliphatic heterocycles. The fourth-order valence-corrected chi connectivity index (χ4v) is 1.88. The number of esters is 1. The van der Waals surface area contributed by atoms with Crippen LogP contribution in [0.5, 0.6) is 0 Å². The molecule has 0 bridgehead atoms. The molecule has 0 aromatic carbocycles. The fourth-order valence-electron chi connectivity index (χ4n) is 1.88. The second-order valence-corrected chi connectivity index (χ2v) is 4.47. The van der Waals surface area contributed by atoms with Crippen LogP contribution >= 0.6 is 0 Å². The van der Waals surface area contributed by atoms with Gasteiger partial charge in [-0.2, -0.15) is 0 Å². The van der Waals surface area contributed by atoms with Gasteiger partial charge in [-0.1, -0.05) is 0 Å². The highest BCUT2D eigenvalue weighted by molar-refractivity contribution is 5.75. The van der Waals surface area contributed by atoms with Crippen LogP contribution in [0.3, 0.4) is 0 Å². The molecule has 1 fully saturated rings. The molecule has 98 valence electrons. The number of ether oxygens (including phenoxy) is 2. The van der Waals surface area contributed by atoms with Crippen molar-refractivity contribution in [3.8, 4) is 0 Å². The average molecular weight is 243 g/mol. The smallest absolute Gasteiger partial charge is 0.409 e. The summed E-state index contributed by atoms with van der Waals surface area (Å²) >= 11 is 0. The lowest BCUT2D eigenvalue weighted by Crippen LogP contribution is -2.43. The number of carbonyl (C=O) groups is 2. The summed E-state index contributed by atoms with van der Waals surface area (Å²) in [6.07, 6.45) is 1.15. The summed E-state index contributed by atoms with van der Waals surface area (Å²) < 4.78 is 10.1. The molecule has 1 heterocycles. The van der Waals surface area contributed by atoms with E-state index in [0.717, 1.165) is 12.8 Å². The number of rotatable bonds is 3. The third-order valence-electron chi connectivity index (χ3n) is 2.63. The van der Waals surface area contributed by atoms with Crippen molar-refractivity contribution >= 4 is 12.1 Å². The topological polar surface area (TPSA) is 55.8 Å². The molecule has 1 unspecified atom stereocenters. The third-order valence-corrected chi connectivity index (χ3v) is 2.63. The standard InChI is InChI=1S/C12H21NO4/c1-4-16-12(15)13-7-5-6-10(8-13)11(14)17-9(2)3/h9-10H,4-8H2,1-3H3. The van der Waals surface area contributed by atoms with Gasteiger partial charge >= 0.3 is 12.1 Å². The molecule has 5 nitrogen and oxygen atoms in total. The lowest BCUT2D eigenvalue weighted by atomic mass is 9.98. The van der Waals surface area contributed by atoms with Gasteiger partial charge in [0.15, 0.2) is 0 Å². The maximum absolute atomic E-state index is 11.7. The largest absolute Gasteiger partial charge is 0.463 e. The van der Waals surface area contributed by atoms with E-state index in [9.17, 15) is 9.59 Å². The molecule has 0 saturated carbocycles. The van der Waals surface area contributed by atoms with Crippen molar-refractivity contribution in [3.63, 3.8) is 0 Å². The van der Waals surface area contributed by atoms with Gasteiger partial charge in [0.1, 0.15) is 0 Å². The number of amides is 1. The first-order chi connectivity index (χ1) is 8.04. The molecule has 0 radical (unpaired) electrons. The first-order valence-corrected chi connectivity index (χ1v) is 6.16. The Morgan fingerprint density at radius 2 is 2.12 bits per heavy atom. The van der Waals surface area contributed by atoms with Gasteiger partial charge in [-0.25, -0.2) is 4.79 Å². The average Bonchev–Trinajstić information content (AvgIpc) is 2.28. The highest BCUT2D eigenvalue weighted by atomic mass is 16.6. The van der Waals surface area contributed by atoms with E-state index in [2.05, 4.69) is 0 Å². The number of carbonyl (C=O) groups excluding carboxylic acids is 2. The Morgan fingerprint density at radius 3 is 2.71 bits per heavy atom. The summed E-state index contributed by atoms with van der Waals surface area (Å²) in [7, 11) is 0. The quantitative estimate of drug-likeness (QED) is 0.709. The highest BCUT2D eigenvalue weighted by Gasteiger charge is 2.30. The van der Waals surface area contributed by atoms with Crippen LogP contribution in [0.4, 0.5) is 4.79 Å². The van der Waals surface area contributed by atoms with Crippen molar-refractivity contribution in [1.29, 1.82) is 0 Å². The van der Waals surface area contributed by atoms with E-state index in [1.54, 1.807) is 11.8 Å². The van der Waals surface area contributed by atoms with Crippen LogP contribution in [0.2, 0.25) is 0 Å². The predicted octanol–water partition coefficient (Wildman–Crippen LogP) is 1.81. The molecule has 0 aromatic heterocycles. The summed E-state index contributed by atoms with van der Waals surface area (Å²) in [5.41, 5.74) is 0. The molecule has 0 aromatic rings. The van der Waals surface area contributed by atoms with Gasteiger partial charge in [0.05, 0.1) is 18.6 Å². The zero-order valence-corrected chi connectivity index (χ0v) is 10.8. The third kappa shape index (κ3) is 4.24. The molecular weight excluding hydrogens is 222 g/mol. The van der Waals surface area contributed by atoms with Crippen LogP contribution in [-0.2, 0) is 14.3 Å². The monoisotopic (exact) mass is 243 g/mol. The molecule has 0 N–H and O–H groups in total. The first-order valence-electron chi connectivity index (χ1n) is 6.16. The van der Waals surface area contributed by atoms with Crippen molar-refractivity contribution in [3.05, 3.63) is 0 Å². The van der Waals surface area contributed by atoms with Gasteiger partial charge in [-0.15, -0.1) is 0 Å². The summed E-state index contributed by atoms with van der Waals surface area (Å²) in [6.45, 7) is 6.84. The minimum atomic E-state index is -0.338. The number of likely N-dealkylation sites (tertiary alicyclic amines) is 1. The molecule has 0 spiro atoms. The van der Waals surface area contributed by atoms with Crippen LogP contribution in [0.1, 0.15) is 33.6 Å². The maximum Gasteiger partial charge on any atom is 0.409 e. The minimum absolute atomic E-state index is 0.111. The molecule has 1 aliphatic rings. The first kappa shape index (κ1) is 13.8. The second-order valence-electron chi connectivity index (χ2n) is 4.47. The lowest BCUT2D eigenvalue weighted by molar-refractivity contribution is -0.154. The fraction of sp³-hybridized carbons (Fsp3) is 0.833. The Kier molecular flexibility index (Phi) is 5.25. The summed E-state index contributed by atoms with van der Waals surface area (Å²) in [5, 5.41) is 0. The van der Waals surface area contributed by atoms with Gasteiger partial charge in [0.25, 0.3) is 0 Å². The van der Waals surface area contributed by atoms with E-state index in [0.29, 0.717) is 19.7 Å². The van der Waals surface area contributed by atoms with E-state index in [4.69, 9.17) is 9.47 Å². The molecule has 1 rings (SSSR count). The zero-order chi connectivity index (χ0) is 12.8. The molecule has 1 saturated heterocycles. The molecule has 1 amide bonds. The summed E-state index contributed by atoms with van der Waals surface area (Å²) in [6, 6.07) is 0. The van der Waals surface area contributed by atoms with Gasteiger partial charge in [0.2, 0.25) is 0 Å². The molecule has 5 heteroatoms. The highest BCUT2D eigenvalue weighted by Crippen LogP contribution is 2.19. The SMILES string of the molecule is CCOC(=O)N1CCCC(C(=O)OC(C)C)C1. The minimum Gasteiger partial charge on any atom is -0.463 e. The van der Waals surface area contributed by atoms with Gasteiger partial charge in [-0.05, 0) is 33.6 Å². The summed E-state index contributed by atoms with van der Waals surface area (Å²) in [5.74, 6) is -0.426. The predicted molar refractivity (Wildman–Crippen MR) is 62.5 cm³/mol. The second kappa shape index (κ2) is 6.47. The van der Waals surface area contributed by atoms with E-state index in [1.165, 1.54) is 0 Å². The summed E-state index contributed by atoms with van der Waals surface area (Å²) in [4.78, 5) is 24.9. The van der Waals surface area contributed by atoms with E-state index >= 15 is 0 Å². The Hall–Kier alpha value is -1.26. The Bertz CT molecular complexity index is 278. The molecule has 17 heavy (non-hydrogen) atoms. The zero-order valence-electron chi connectivity index (χ0n) is 10.8. The molecular formula is C12H21NO4. The van der Waals surface area contributed by atoms with Gasteiger partial charge in [0, 0.05) is 13.1 Å². The molecule has 0 aliphatic carbocycles. The molecule has 1 atom stereocenters. The van der Waals surface area contributed by atoms with Crippen molar-refractivity contribution in [1.82, 2.24) is 4.90 Å². The Balaban J connectivity index is 2.48. The van der Waals surface area contributed by atoms with Gasteiger partial charge < -0.3 is 14.4 Å². The van der Waals surface area contributed by atoms with Gasteiger partial charge in [-0.3, -0.25) is 4.79 Å². The van der Waals surface area contributed by atoms with E-state index in [-0.39, 0.29) is 24.1 Å². The van der Waals surface area contributed by atoms with Crippen molar-refractivity contribution < 1.29 is 19.1 Å².